The van der Waals surface area contributed by atoms with Crippen molar-refractivity contribution in [2.75, 3.05) is 0 Å². The number of hydrazone groups is 1. The minimum absolute atomic E-state index is 0.0441. The minimum atomic E-state index is -0.428. The Bertz CT molecular complexity index is 1160. The van der Waals surface area contributed by atoms with Crippen molar-refractivity contribution in [2.45, 2.75) is 52.9 Å². The molecular formula is C24H26FN5OS. The summed E-state index contributed by atoms with van der Waals surface area (Å²) in [4.78, 5) is 16.9. The second-order valence-electron chi connectivity index (χ2n) is 7.96. The zero-order valence-electron chi connectivity index (χ0n) is 18.5. The number of nitrogens with one attached hydrogen (secondary N) is 1. The van der Waals surface area contributed by atoms with Crippen LogP contribution >= 0.6 is 11.8 Å². The molecule has 0 fully saturated rings. The summed E-state index contributed by atoms with van der Waals surface area (Å²) in [5.41, 5.74) is 3.71. The summed E-state index contributed by atoms with van der Waals surface area (Å²) in [6, 6.07) is 8.23. The zero-order valence-corrected chi connectivity index (χ0v) is 19.3. The largest absolute Gasteiger partial charge is 0.318 e. The first kappa shape index (κ1) is 22.2. The van der Waals surface area contributed by atoms with Gasteiger partial charge in [0.1, 0.15) is 10.9 Å². The molecule has 1 aromatic carbocycles. The third-order valence-corrected chi connectivity index (χ3v) is 6.56. The van der Waals surface area contributed by atoms with Crippen LogP contribution in [0, 0.1) is 25.1 Å². The Labute approximate surface area is 191 Å². The molecule has 8 heteroatoms. The average molecular weight is 452 g/mol. The number of carbonyl (C=O) groups is 1. The third-order valence-electron chi connectivity index (χ3n) is 5.60. The number of hydrogen-bond acceptors (Lipinski definition) is 4. The number of amidine groups is 2. The number of carbonyl (C=O) groups excluding carboxylic acids is 1. The summed E-state index contributed by atoms with van der Waals surface area (Å²) in [5, 5.41) is 16.0. The molecule has 2 aliphatic rings. The van der Waals surface area contributed by atoms with Crippen LogP contribution < -0.4 is 0 Å². The van der Waals surface area contributed by atoms with Crippen molar-refractivity contribution in [3.63, 3.8) is 0 Å². The second-order valence-corrected chi connectivity index (χ2v) is 9.00. The number of unbranched alkanes of at least 4 members (excludes halogenated alkanes) is 3. The SMILES string of the molecule is CCCCCCC1=NN2C(=N)C(=Cc3cc(C)n(-c4ccc(F)cc4)c3C)C(=O)N=C2S1. The number of rotatable bonds is 7. The highest BCUT2D eigenvalue weighted by molar-refractivity contribution is 8.26. The number of hydrogen-bond donors (Lipinski definition) is 1. The summed E-state index contributed by atoms with van der Waals surface area (Å²) >= 11 is 1.38. The van der Waals surface area contributed by atoms with E-state index in [1.54, 1.807) is 18.2 Å². The van der Waals surface area contributed by atoms with Gasteiger partial charge in [-0.1, -0.05) is 26.2 Å². The predicted octanol–water partition coefficient (Wildman–Crippen LogP) is 5.82. The molecule has 2 aromatic rings. The van der Waals surface area contributed by atoms with E-state index in [0.717, 1.165) is 46.9 Å². The lowest BCUT2D eigenvalue weighted by molar-refractivity contribution is -0.114. The average Bonchev–Trinajstić information content (AvgIpc) is 3.29. The lowest BCUT2D eigenvalue weighted by atomic mass is 10.1. The van der Waals surface area contributed by atoms with E-state index < -0.39 is 5.91 Å². The number of thioether (sulfide) groups is 1. The van der Waals surface area contributed by atoms with Gasteiger partial charge >= 0.3 is 0 Å². The maximum atomic E-state index is 13.3. The molecule has 0 atom stereocenters. The molecule has 6 nitrogen and oxygen atoms in total. The zero-order chi connectivity index (χ0) is 22.8. The predicted molar refractivity (Wildman–Crippen MR) is 129 cm³/mol. The molecule has 32 heavy (non-hydrogen) atoms. The van der Waals surface area contributed by atoms with Crippen molar-refractivity contribution < 1.29 is 9.18 Å². The number of aliphatic imine (C=N–C) groups is 1. The topological polar surface area (TPSA) is 73.8 Å². The number of halogens is 1. The molecule has 1 amide bonds. The highest BCUT2D eigenvalue weighted by Crippen LogP contribution is 2.31. The number of nitrogens with zero attached hydrogens (tertiary/aromatic N) is 4. The monoisotopic (exact) mass is 451 g/mol. The first-order valence-corrected chi connectivity index (χ1v) is 11.6. The first-order chi connectivity index (χ1) is 15.4. The van der Waals surface area contributed by atoms with Gasteiger partial charge in [-0.25, -0.2) is 4.39 Å². The summed E-state index contributed by atoms with van der Waals surface area (Å²) in [7, 11) is 0. The number of aryl methyl sites for hydroxylation is 1. The van der Waals surface area contributed by atoms with Crippen LogP contribution in [0.15, 0.2) is 46.0 Å². The van der Waals surface area contributed by atoms with E-state index >= 15 is 0 Å². The van der Waals surface area contributed by atoms with Gasteiger partial charge in [-0.05, 0) is 80.4 Å². The van der Waals surface area contributed by atoms with Gasteiger partial charge in [-0.15, -0.1) is 0 Å². The molecule has 2 aliphatic heterocycles. The van der Waals surface area contributed by atoms with Crippen molar-refractivity contribution in [1.82, 2.24) is 9.58 Å². The normalized spacial score (nSPS) is 17.1. The number of fused-ring (bicyclic) bond motifs is 1. The Kier molecular flexibility index (Phi) is 6.41. The Morgan fingerprint density at radius 1 is 1.16 bits per heavy atom. The van der Waals surface area contributed by atoms with Crippen LogP contribution in [0.4, 0.5) is 4.39 Å². The van der Waals surface area contributed by atoms with E-state index in [1.807, 2.05) is 24.5 Å². The van der Waals surface area contributed by atoms with Crippen LogP contribution in [-0.2, 0) is 4.79 Å². The van der Waals surface area contributed by atoms with E-state index in [0.29, 0.717) is 5.17 Å². The van der Waals surface area contributed by atoms with Gasteiger partial charge in [0.2, 0.25) is 5.17 Å². The molecule has 0 saturated carbocycles. The van der Waals surface area contributed by atoms with Gasteiger partial charge < -0.3 is 4.57 Å². The fraction of sp³-hybridized carbons (Fsp3) is 0.333. The number of amides is 1. The van der Waals surface area contributed by atoms with Gasteiger partial charge in [0.25, 0.3) is 5.91 Å². The van der Waals surface area contributed by atoms with Gasteiger partial charge in [-0.2, -0.15) is 15.1 Å². The standard InChI is InChI=1S/C24H26FN5OS/c1-4-5-6-7-8-21-28-30-22(26)20(23(31)27-24(30)32-21)14-17-13-15(2)29(16(17)3)19-11-9-18(25)10-12-19/h9-14,26H,4-8H2,1-3H3. The van der Waals surface area contributed by atoms with Gasteiger partial charge in [0, 0.05) is 17.1 Å². The highest BCUT2D eigenvalue weighted by atomic mass is 32.2. The van der Waals surface area contributed by atoms with Crippen LogP contribution in [0.2, 0.25) is 0 Å². The van der Waals surface area contributed by atoms with E-state index in [9.17, 15) is 9.18 Å². The van der Waals surface area contributed by atoms with E-state index in [-0.39, 0.29) is 17.2 Å². The van der Waals surface area contributed by atoms with Crippen LogP contribution in [0.1, 0.15) is 56.0 Å². The van der Waals surface area contributed by atoms with Crippen LogP contribution in [0.3, 0.4) is 0 Å². The van der Waals surface area contributed by atoms with E-state index in [1.165, 1.54) is 41.7 Å². The fourth-order valence-electron chi connectivity index (χ4n) is 3.91. The summed E-state index contributed by atoms with van der Waals surface area (Å²) in [6.07, 6.45) is 7.09. The van der Waals surface area contributed by atoms with Crippen molar-refractivity contribution in [3.8, 4) is 5.69 Å². The molecular weight excluding hydrogens is 425 g/mol. The maximum Gasteiger partial charge on any atom is 0.283 e. The second kappa shape index (κ2) is 9.24. The minimum Gasteiger partial charge on any atom is -0.318 e. The summed E-state index contributed by atoms with van der Waals surface area (Å²) in [6.45, 7) is 6.07. The van der Waals surface area contributed by atoms with Crippen LogP contribution in [0.25, 0.3) is 11.8 Å². The molecule has 0 bridgehead atoms. The quantitative estimate of drug-likeness (QED) is 0.426. The molecule has 0 unspecified atom stereocenters. The lowest BCUT2D eigenvalue weighted by Crippen LogP contribution is -2.35. The fourth-order valence-corrected chi connectivity index (χ4v) is 4.84. The molecule has 0 saturated heterocycles. The highest BCUT2D eigenvalue weighted by Gasteiger charge is 2.35. The Hall–Kier alpha value is -3.00. The van der Waals surface area contributed by atoms with Crippen LogP contribution in [-0.4, -0.2) is 31.5 Å². The van der Waals surface area contributed by atoms with Gasteiger partial charge in [0.15, 0.2) is 5.84 Å². The summed E-state index contributed by atoms with van der Waals surface area (Å²) < 4.78 is 15.3. The number of benzene rings is 1. The molecule has 3 heterocycles. The maximum absolute atomic E-state index is 13.3. The van der Waals surface area contributed by atoms with Gasteiger partial charge in [-0.3, -0.25) is 10.2 Å². The van der Waals surface area contributed by atoms with Crippen LogP contribution in [0.5, 0.6) is 0 Å². The molecule has 1 aromatic heterocycles. The Morgan fingerprint density at radius 2 is 1.91 bits per heavy atom. The van der Waals surface area contributed by atoms with E-state index in [4.69, 9.17) is 5.41 Å². The Balaban J connectivity index is 1.60. The third kappa shape index (κ3) is 4.32. The first-order valence-electron chi connectivity index (χ1n) is 10.8. The Morgan fingerprint density at radius 3 is 2.62 bits per heavy atom. The molecule has 1 N–H and O–H groups in total. The summed E-state index contributed by atoms with van der Waals surface area (Å²) in [5.74, 6) is -0.673. The molecule has 4 rings (SSSR count). The number of aromatic nitrogens is 1. The molecule has 0 radical (unpaired) electrons. The lowest BCUT2D eigenvalue weighted by Gasteiger charge is -2.20. The van der Waals surface area contributed by atoms with Crippen molar-refractivity contribution in [2.24, 2.45) is 10.1 Å². The van der Waals surface area contributed by atoms with Crippen molar-refractivity contribution in [1.29, 1.82) is 5.41 Å². The smallest absolute Gasteiger partial charge is 0.283 e. The van der Waals surface area contributed by atoms with E-state index in [2.05, 4.69) is 17.0 Å². The van der Waals surface area contributed by atoms with Gasteiger partial charge in [0.05, 0.1) is 5.57 Å². The molecule has 0 aliphatic carbocycles. The molecule has 166 valence electrons. The molecule has 0 spiro atoms. The van der Waals surface area contributed by atoms with Crippen molar-refractivity contribution in [3.05, 3.63) is 58.7 Å². The van der Waals surface area contributed by atoms with Crippen molar-refractivity contribution >= 4 is 39.8 Å².